The molecule has 1 N–H and O–H groups in total. The fourth-order valence-corrected chi connectivity index (χ4v) is 3.95. The summed E-state index contributed by atoms with van der Waals surface area (Å²) in [6, 6.07) is 15.0. The molecule has 0 saturated carbocycles. The van der Waals surface area contributed by atoms with Crippen LogP contribution in [-0.2, 0) is 16.0 Å². The number of methoxy groups -OCH3 is 2. The van der Waals surface area contributed by atoms with Crippen molar-refractivity contribution < 1.29 is 23.9 Å². The third-order valence-corrected chi connectivity index (χ3v) is 5.63. The number of benzene rings is 2. The quantitative estimate of drug-likeness (QED) is 0.601. The maximum absolute atomic E-state index is 12.6. The Balaban J connectivity index is 1.53. The molecule has 7 nitrogen and oxygen atoms in total. The second-order valence-electron chi connectivity index (χ2n) is 6.78. The Hall–Kier alpha value is -3.26. The van der Waals surface area contributed by atoms with Gasteiger partial charge >= 0.3 is 0 Å². The normalized spacial score (nSPS) is 14.8. The molecule has 0 radical (unpaired) electrons. The molecule has 0 bridgehead atoms. The zero-order chi connectivity index (χ0) is 22.2. The summed E-state index contributed by atoms with van der Waals surface area (Å²) in [7, 11) is 3.08. The Labute approximate surface area is 185 Å². The lowest BCUT2D eigenvalue weighted by molar-refractivity contribution is -0.124. The third kappa shape index (κ3) is 5.88. The van der Waals surface area contributed by atoms with Gasteiger partial charge in [0.25, 0.3) is 11.1 Å². The second kappa shape index (κ2) is 10.7. The number of hydrogen-bond donors (Lipinski definition) is 1. The maximum Gasteiger partial charge on any atom is 0.293 e. The van der Waals surface area contributed by atoms with Gasteiger partial charge in [0, 0.05) is 19.5 Å². The number of rotatable bonds is 9. The minimum atomic E-state index is -0.372. The Morgan fingerprint density at radius 2 is 1.81 bits per heavy atom. The summed E-state index contributed by atoms with van der Waals surface area (Å²) in [5, 5.41) is 2.42. The van der Waals surface area contributed by atoms with Crippen molar-refractivity contribution in [2.75, 3.05) is 27.3 Å². The number of nitrogens with zero attached hydrogens (tertiary/aromatic N) is 1. The molecule has 0 unspecified atom stereocenters. The molecule has 1 saturated heterocycles. The molecule has 0 aliphatic carbocycles. The number of carbonyl (C=O) groups is 3. The van der Waals surface area contributed by atoms with Crippen molar-refractivity contribution in [1.82, 2.24) is 10.2 Å². The summed E-state index contributed by atoms with van der Waals surface area (Å²) < 4.78 is 10.5. The fourth-order valence-electron chi connectivity index (χ4n) is 3.08. The van der Waals surface area contributed by atoms with E-state index < -0.39 is 0 Å². The van der Waals surface area contributed by atoms with Gasteiger partial charge < -0.3 is 14.8 Å². The van der Waals surface area contributed by atoms with Crippen LogP contribution in [0.2, 0.25) is 0 Å². The first-order valence-electron chi connectivity index (χ1n) is 9.80. The number of ether oxygens (including phenoxy) is 2. The molecule has 2 aromatic carbocycles. The molecule has 0 aromatic heterocycles. The molecule has 31 heavy (non-hydrogen) atoms. The van der Waals surface area contributed by atoms with Gasteiger partial charge in [0.2, 0.25) is 5.91 Å². The zero-order valence-electron chi connectivity index (χ0n) is 17.4. The molecule has 1 heterocycles. The number of amides is 3. The summed E-state index contributed by atoms with van der Waals surface area (Å²) in [4.78, 5) is 38.4. The number of hydrogen-bond acceptors (Lipinski definition) is 6. The Morgan fingerprint density at radius 1 is 1.06 bits per heavy atom. The van der Waals surface area contributed by atoms with Gasteiger partial charge in [-0.15, -0.1) is 0 Å². The van der Waals surface area contributed by atoms with E-state index in [4.69, 9.17) is 9.47 Å². The van der Waals surface area contributed by atoms with Crippen LogP contribution in [0.4, 0.5) is 4.79 Å². The van der Waals surface area contributed by atoms with Gasteiger partial charge in [0.15, 0.2) is 11.5 Å². The summed E-state index contributed by atoms with van der Waals surface area (Å²) >= 11 is 0.880. The lowest BCUT2D eigenvalue weighted by Gasteiger charge is -2.13. The smallest absolute Gasteiger partial charge is 0.293 e. The summed E-state index contributed by atoms with van der Waals surface area (Å²) in [6.07, 6.45) is 2.64. The van der Waals surface area contributed by atoms with Gasteiger partial charge in [-0.05, 0) is 47.5 Å². The van der Waals surface area contributed by atoms with E-state index in [0.717, 1.165) is 27.8 Å². The highest BCUT2D eigenvalue weighted by molar-refractivity contribution is 8.18. The molecule has 162 valence electrons. The van der Waals surface area contributed by atoms with Gasteiger partial charge in [0.05, 0.1) is 19.1 Å². The van der Waals surface area contributed by atoms with Gasteiger partial charge in [-0.3, -0.25) is 19.3 Å². The van der Waals surface area contributed by atoms with Gasteiger partial charge in [-0.1, -0.05) is 36.4 Å². The first-order chi connectivity index (χ1) is 15.0. The van der Waals surface area contributed by atoms with Crippen LogP contribution >= 0.6 is 11.8 Å². The molecule has 1 fully saturated rings. The zero-order valence-corrected chi connectivity index (χ0v) is 18.2. The van der Waals surface area contributed by atoms with Gasteiger partial charge in [-0.25, -0.2) is 0 Å². The monoisotopic (exact) mass is 440 g/mol. The molecule has 0 atom stereocenters. The minimum Gasteiger partial charge on any atom is -0.493 e. The molecular weight excluding hydrogens is 416 g/mol. The van der Waals surface area contributed by atoms with Crippen LogP contribution in [0.5, 0.6) is 11.5 Å². The Bertz CT molecular complexity index is 991. The highest BCUT2D eigenvalue weighted by Gasteiger charge is 2.34. The van der Waals surface area contributed by atoms with Crippen molar-refractivity contribution in [3.8, 4) is 11.5 Å². The van der Waals surface area contributed by atoms with E-state index >= 15 is 0 Å². The topological polar surface area (TPSA) is 84.9 Å². The molecule has 8 heteroatoms. The van der Waals surface area contributed by atoms with Crippen molar-refractivity contribution in [1.29, 1.82) is 0 Å². The maximum atomic E-state index is 12.6. The predicted octanol–water partition coefficient (Wildman–Crippen LogP) is 3.49. The van der Waals surface area contributed by atoms with Crippen LogP contribution in [0, 0.1) is 0 Å². The molecule has 3 amide bonds. The number of aryl methyl sites for hydroxylation is 1. The van der Waals surface area contributed by atoms with E-state index in [1.807, 2.05) is 30.3 Å². The van der Waals surface area contributed by atoms with Crippen molar-refractivity contribution in [3.63, 3.8) is 0 Å². The highest BCUT2D eigenvalue weighted by atomic mass is 32.2. The van der Waals surface area contributed by atoms with E-state index in [1.54, 1.807) is 31.4 Å². The second-order valence-corrected chi connectivity index (χ2v) is 7.78. The Kier molecular flexibility index (Phi) is 7.72. The van der Waals surface area contributed by atoms with Crippen molar-refractivity contribution >= 4 is 34.9 Å². The van der Waals surface area contributed by atoms with Crippen LogP contribution in [0.1, 0.15) is 17.5 Å². The van der Waals surface area contributed by atoms with Gasteiger partial charge in [-0.2, -0.15) is 0 Å². The third-order valence-electron chi connectivity index (χ3n) is 4.72. The first-order valence-corrected chi connectivity index (χ1v) is 10.6. The molecule has 0 spiro atoms. The number of carbonyl (C=O) groups excluding carboxylic acids is 3. The minimum absolute atomic E-state index is 0.114. The molecule has 2 aromatic rings. The van der Waals surface area contributed by atoms with Crippen LogP contribution in [0.25, 0.3) is 6.08 Å². The van der Waals surface area contributed by atoms with E-state index in [-0.39, 0.29) is 30.1 Å². The van der Waals surface area contributed by atoms with Crippen LogP contribution in [0.15, 0.2) is 53.4 Å². The van der Waals surface area contributed by atoms with Crippen LogP contribution < -0.4 is 14.8 Å². The van der Waals surface area contributed by atoms with Crippen molar-refractivity contribution in [2.24, 2.45) is 0 Å². The lowest BCUT2D eigenvalue weighted by atomic mass is 10.1. The Morgan fingerprint density at radius 3 is 2.52 bits per heavy atom. The lowest BCUT2D eigenvalue weighted by Crippen LogP contribution is -2.37. The molecular formula is C23H24N2O5S. The average molecular weight is 441 g/mol. The molecule has 3 rings (SSSR count). The summed E-state index contributed by atoms with van der Waals surface area (Å²) in [5.41, 5.74) is 1.81. The molecule has 1 aliphatic rings. The standard InChI is InChI=1S/C23H24N2O5S/c1-29-18-10-8-17(14-19(18)30-2)15-20-22(27)25(23(28)31-20)13-12-24-21(26)11-9-16-6-4-3-5-7-16/h3-8,10,14-15H,9,11-13H2,1-2H3,(H,24,26)/b20-15-. The number of nitrogens with one attached hydrogen (secondary N) is 1. The fraction of sp³-hybridized carbons (Fsp3) is 0.261. The van der Waals surface area contributed by atoms with Crippen LogP contribution in [0.3, 0.4) is 0 Å². The van der Waals surface area contributed by atoms with E-state index in [1.165, 1.54) is 7.11 Å². The first kappa shape index (κ1) is 22.4. The highest BCUT2D eigenvalue weighted by Crippen LogP contribution is 2.34. The SMILES string of the molecule is COc1ccc(/C=C2\SC(=O)N(CCNC(=O)CCc3ccccc3)C2=O)cc1OC. The predicted molar refractivity (Wildman–Crippen MR) is 120 cm³/mol. The summed E-state index contributed by atoms with van der Waals surface area (Å²) in [5.74, 6) is 0.629. The van der Waals surface area contributed by atoms with Crippen molar-refractivity contribution in [3.05, 3.63) is 64.6 Å². The van der Waals surface area contributed by atoms with E-state index in [2.05, 4.69) is 5.32 Å². The van der Waals surface area contributed by atoms with E-state index in [9.17, 15) is 14.4 Å². The van der Waals surface area contributed by atoms with Crippen LogP contribution in [-0.4, -0.2) is 49.3 Å². The number of imide groups is 1. The van der Waals surface area contributed by atoms with E-state index in [0.29, 0.717) is 29.2 Å². The molecule has 1 aliphatic heterocycles. The summed E-state index contributed by atoms with van der Waals surface area (Å²) in [6.45, 7) is 0.348. The van der Waals surface area contributed by atoms with Crippen molar-refractivity contribution in [2.45, 2.75) is 12.8 Å². The largest absolute Gasteiger partial charge is 0.493 e. The number of thioether (sulfide) groups is 1. The van der Waals surface area contributed by atoms with Gasteiger partial charge in [0.1, 0.15) is 0 Å². The average Bonchev–Trinajstić information content (AvgIpc) is 3.05.